The number of hydrogen-bond donors (Lipinski definition) is 2. The normalized spacial score (nSPS) is 23.6. The van der Waals surface area contributed by atoms with E-state index in [1.54, 1.807) is 20.8 Å². The first-order chi connectivity index (χ1) is 7.62. The summed E-state index contributed by atoms with van der Waals surface area (Å²) in [7, 11) is -3.59. The van der Waals surface area contributed by atoms with E-state index in [1.807, 2.05) is 0 Å². The monoisotopic (exact) mass is 264 g/mol. The molecule has 0 unspecified atom stereocenters. The van der Waals surface area contributed by atoms with Gasteiger partial charge in [-0.15, -0.1) is 0 Å². The lowest BCUT2D eigenvalue weighted by Gasteiger charge is -2.32. The SMILES string of the molecule is CC(C)(C)NS(=O)(=O)N1CCC[C@H](C(=O)O)C1. The van der Waals surface area contributed by atoms with E-state index in [0.717, 1.165) is 0 Å². The minimum Gasteiger partial charge on any atom is -0.481 e. The maximum atomic E-state index is 12.0. The Morgan fingerprint density at radius 2 is 2.00 bits per heavy atom. The molecule has 0 aliphatic carbocycles. The number of carbonyl (C=O) groups is 1. The molecule has 1 aliphatic rings. The third-order valence-corrected chi connectivity index (χ3v) is 4.39. The second kappa shape index (κ2) is 4.91. The lowest BCUT2D eigenvalue weighted by atomic mass is 10.0. The van der Waals surface area contributed by atoms with Gasteiger partial charge in [-0.05, 0) is 33.6 Å². The van der Waals surface area contributed by atoms with Crippen molar-refractivity contribution in [3.63, 3.8) is 0 Å². The van der Waals surface area contributed by atoms with E-state index >= 15 is 0 Å². The van der Waals surface area contributed by atoms with Crippen molar-refractivity contribution in [1.29, 1.82) is 0 Å². The molecule has 1 fully saturated rings. The smallest absolute Gasteiger partial charge is 0.307 e. The number of nitrogens with one attached hydrogen (secondary N) is 1. The van der Waals surface area contributed by atoms with Crippen LogP contribution in [0.3, 0.4) is 0 Å². The molecule has 0 aromatic heterocycles. The van der Waals surface area contributed by atoms with Crippen molar-refractivity contribution in [3.8, 4) is 0 Å². The summed E-state index contributed by atoms with van der Waals surface area (Å²) in [5.74, 6) is -1.53. The zero-order valence-corrected chi connectivity index (χ0v) is 11.2. The summed E-state index contributed by atoms with van der Waals surface area (Å²) in [4.78, 5) is 10.9. The summed E-state index contributed by atoms with van der Waals surface area (Å²) in [5.41, 5.74) is -0.561. The van der Waals surface area contributed by atoms with Crippen LogP contribution in [0.4, 0.5) is 0 Å². The molecule has 0 radical (unpaired) electrons. The first kappa shape index (κ1) is 14.4. The van der Waals surface area contributed by atoms with Crippen molar-refractivity contribution in [2.24, 2.45) is 5.92 Å². The van der Waals surface area contributed by atoms with Crippen molar-refractivity contribution in [2.75, 3.05) is 13.1 Å². The van der Waals surface area contributed by atoms with Gasteiger partial charge in [0.15, 0.2) is 0 Å². The molecule has 17 heavy (non-hydrogen) atoms. The third kappa shape index (κ3) is 4.25. The van der Waals surface area contributed by atoms with Gasteiger partial charge < -0.3 is 5.11 Å². The van der Waals surface area contributed by atoms with E-state index in [4.69, 9.17) is 5.11 Å². The average molecular weight is 264 g/mol. The van der Waals surface area contributed by atoms with Crippen molar-refractivity contribution in [3.05, 3.63) is 0 Å². The highest BCUT2D eigenvalue weighted by molar-refractivity contribution is 7.87. The summed E-state index contributed by atoms with van der Waals surface area (Å²) in [6.07, 6.45) is 1.12. The number of carboxylic acids is 1. The van der Waals surface area contributed by atoms with Crippen LogP contribution in [0.5, 0.6) is 0 Å². The van der Waals surface area contributed by atoms with Gasteiger partial charge in [-0.1, -0.05) is 0 Å². The van der Waals surface area contributed by atoms with Gasteiger partial charge in [0.25, 0.3) is 10.2 Å². The van der Waals surface area contributed by atoms with Gasteiger partial charge in [-0.25, -0.2) is 0 Å². The largest absolute Gasteiger partial charge is 0.481 e. The second-order valence-electron chi connectivity index (χ2n) is 5.39. The van der Waals surface area contributed by atoms with E-state index in [0.29, 0.717) is 19.4 Å². The first-order valence-corrected chi connectivity index (χ1v) is 7.08. The predicted molar refractivity (Wildman–Crippen MR) is 63.7 cm³/mol. The first-order valence-electron chi connectivity index (χ1n) is 5.64. The lowest BCUT2D eigenvalue weighted by molar-refractivity contribution is -0.142. The van der Waals surface area contributed by atoms with Crippen molar-refractivity contribution in [1.82, 2.24) is 9.03 Å². The van der Waals surface area contributed by atoms with Gasteiger partial charge in [-0.2, -0.15) is 17.4 Å². The second-order valence-corrected chi connectivity index (χ2v) is 7.06. The van der Waals surface area contributed by atoms with Gasteiger partial charge in [-0.3, -0.25) is 4.79 Å². The van der Waals surface area contributed by atoms with Crippen LogP contribution in [0.2, 0.25) is 0 Å². The molecule has 100 valence electrons. The zero-order chi connectivity index (χ0) is 13.3. The Labute approximate surface area is 102 Å². The average Bonchev–Trinajstić information content (AvgIpc) is 2.14. The summed E-state index contributed by atoms with van der Waals surface area (Å²) in [6, 6.07) is 0. The standard InChI is InChI=1S/C10H20N2O4S/c1-10(2,3)11-17(15,16)12-6-4-5-8(7-12)9(13)14/h8,11H,4-7H2,1-3H3,(H,13,14)/t8-/m0/s1. The zero-order valence-electron chi connectivity index (χ0n) is 10.4. The highest BCUT2D eigenvalue weighted by Crippen LogP contribution is 2.19. The lowest BCUT2D eigenvalue weighted by Crippen LogP contribution is -2.52. The molecule has 7 heteroatoms. The molecule has 0 amide bonds. The fourth-order valence-electron chi connectivity index (χ4n) is 1.81. The minimum absolute atomic E-state index is 0.0563. The Hall–Kier alpha value is -0.660. The number of rotatable bonds is 3. The molecule has 6 nitrogen and oxygen atoms in total. The fourth-order valence-corrected chi connectivity index (χ4v) is 3.46. The van der Waals surface area contributed by atoms with E-state index in [1.165, 1.54) is 4.31 Å². The Bertz CT molecular complexity index is 386. The Balaban J connectivity index is 2.75. The maximum Gasteiger partial charge on any atom is 0.307 e. The van der Waals surface area contributed by atoms with Gasteiger partial charge >= 0.3 is 5.97 Å². The number of piperidine rings is 1. The van der Waals surface area contributed by atoms with Crippen molar-refractivity contribution < 1.29 is 18.3 Å². The molecule has 1 aliphatic heterocycles. The molecule has 0 bridgehead atoms. The number of hydrogen-bond acceptors (Lipinski definition) is 3. The van der Waals surface area contributed by atoms with Crippen LogP contribution in [0.25, 0.3) is 0 Å². The van der Waals surface area contributed by atoms with Crippen LogP contribution in [0.15, 0.2) is 0 Å². The molecule has 0 spiro atoms. The molecule has 1 heterocycles. The molecule has 1 atom stereocenters. The minimum atomic E-state index is -3.59. The van der Waals surface area contributed by atoms with Crippen LogP contribution in [0.1, 0.15) is 33.6 Å². The number of nitrogens with zero attached hydrogens (tertiary/aromatic N) is 1. The maximum absolute atomic E-state index is 12.0. The van der Waals surface area contributed by atoms with E-state index in [2.05, 4.69) is 4.72 Å². The quantitative estimate of drug-likeness (QED) is 0.773. The summed E-state index contributed by atoms with van der Waals surface area (Å²) in [5, 5.41) is 8.91. The molecule has 1 saturated heterocycles. The highest BCUT2D eigenvalue weighted by Gasteiger charge is 2.33. The molecular weight excluding hydrogens is 244 g/mol. The van der Waals surface area contributed by atoms with Gasteiger partial charge in [0, 0.05) is 18.6 Å². The molecular formula is C10H20N2O4S. The van der Waals surface area contributed by atoms with E-state index in [9.17, 15) is 13.2 Å². The van der Waals surface area contributed by atoms with Gasteiger partial charge in [0.2, 0.25) is 0 Å². The number of carboxylic acid groups (broad SMARTS) is 1. The van der Waals surface area contributed by atoms with Gasteiger partial charge in [0.1, 0.15) is 0 Å². The van der Waals surface area contributed by atoms with Crippen LogP contribution in [0, 0.1) is 5.92 Å². The highest BCUT2D eigenvalue weighted by atomic mass is 32.2. The van der Waals surface area contributed by atoms with Gasteiger partial charge in [0.05, 0.1) is 5.92 Å². The van der Waals surface area contributed by atoms with E-state index < -0.39 is 27.6 Å². The summed E-state index contributed by atoms with van der Waals surface area (Å²) < 4.78 is 27.7. The molecule has 0 aromatic carbocycles. The van der Waals surface area contributed by atoms with Crippen molar-refractivity contribution >= 4 is 16.2 Å². The number of aliphatic carboxylic acids is 1. The topological polar surface area (TPSA) is 86.7 Å². The Kier molecular flexibility index (Phi) is 4.16. The molecule has 1 rings (SSSR count). The van der Waals surface area contributed by atoms with Crippen LogP contribution < -0.4 is 4.72 Å². The molecule has 2 N–H and O–H groups in total. The predicted octanol–water partition coefficient (Wildman–Crippen LogP) is 0.416. The van der Waals surface area contributed by atoms with E-state index in [-0.39, 0.29) is 6.54 Å². The molecule has 0 aromatic rings. The summed E-state index contributed by atoms with van der Waals surface area (Å²) >= 11 is 0. The van der Waals surface area contributed by atoms with Crippen LogP contribution >= 0.6 is 0 Å². The van der Waals surface area contributed by atoms with Crippen LogP contribution in [-0.2, 0) is 15.0 Å². The third-order valence-electron chi connectivity index (χ3n) is 2.51. The van der Waals surface area contributed by atoms with Crippen molar-refractivity contribution in [2.45, 2.75) is 39.2 Å². The summed E-state index contributed by atoms with van der Waals surface area (Å²) in [6.45, 7) is 5.70. The Morgan fingerprint density at radius 1 is 1.41 bits per heavy atom. The Morgan fingerprint density at radius 3 is 2.47 bits per heavy atom. The van der Waals surface area contributed by atoms with Crippen LogP contribution in [-0.4, -0.2) is 42.4 Å². The fraction of sp³-hybridized carbons (Fsp3) is 0.900. The molecule has 0 saturated carbocycles.